The Morgan fingerprint density at radius 1 is 1.29 bits per heavy atom. The SMILES string of the molecule is CCCC[C@H](NC(=O)N(C)Cc1ccc(C)cc1)C(=O)O. The van der Waals surface area contributed by atoms with Crippen LogP contribution in [0.25, 0.3) is 0 Å². The number of nitrogens with zero attached hydrogens (tertiary/aromatic N) is 1. The molecule has 1 aromatic carbocycles. The van der Waals surface area contributed by atoms with Gasteiger partial charge in [0.1, 0.15) is 6.04 Å². The van der Waals surface area contributed by atoms with Crippen molar-refractivity contribution in [2.75, 3.05) is 7.05 Å². The maximum Gasteiger partial charge on any atom is 0.326 e. The third kappa shape index (κ3) is 5.85. The first-order valence-electron chi connectivity index (χ1n) is 7.24. The van der Waals surface area contributed by atoms with Gasteiger partial charge in [-0.1, -0.05) is 49.6 Å². The molecule has 0 aromatic heterocycles. The first-order chi connectivity index (χ1) is 9.93. The molecular weight excluding hydrogens is 268 g/mol. The van der Waals surface area contributed by atoms with Gasteiger partial charge in [-0.15, -0.1) is 0 Å². The second-order valence-corrected chi connectivity index (χ2v) is 5.32. The summed E-state index contributed by atoms with van der Waals surface area (Å²) in [6.45, 7) is 4.45. The number of unbranched alkanes of at least 4 members (excludes halogenated alkanes) is 1. The first-order valence-corrected chi connectivity index (χ1v) is 7.24. The number of carbonyl (C=O) groups is 2. The number of carboxylic acids is 1. The predicted molar refractivity (Wildman–Crippen MR) is 82.1 cm³/mol. The van der Waals surface area contributed by atoms with Crippen molar-refractivity contribution >= 4 is 12.0 Å². The van der Waals surface area contributed by atoms with Gasteiger partial charge in [0.05, 0.1) is 0 Å². The Hall–Kier alpha value is -2.04. The number of nitrogens with one attached hydrogen (secondary N) is 1. The Morgan fingerprint density at radius 2 is 1.90 bits per heavy atom. The average Bonchev–Trinajstić information content (AvgIpc) is 2.45. The molecule has 0 fully saturated rings. The van der Waals surface area contributed by atoms with Crippen LogP contribution in [0.15, 0.2) is 24.3 Å². The van der Waals surface area contributed by atoms with Gasteiger partial charge in [-0.3, -0.25) is 0 Å². The molecule has 0 aliphatic rings. The molecule has 0 aliphatic carbocycles. The van der Waals surface area contributed by atoms with E-state index in [1.165, 1.54) is 4.90 Å². The van der Waals surface area contributed by atoms with Gasteiger partial charge in [0.2, 0.25) is 0 Å². The van der Waals surface area contributed by atoms with Crippen LogP contribution in [0.4, 0.5) is 4.79 Å². The van der Waals surface area contributed by atoms with Crippen LogP contribution in [0.5, 0.6) is 0 Å². The molecule has 1 aromatic rings. The van der Waals surface area contributed by atoms with Crippen molar-refractivity contribution < 1.29 is 14.7 Å². The van der Waals surface area contributed by atoms with Gasteiger partial charge in [0.15, 0.2) is 0 Å². The minimum atomic E-state index is -0.986. The van der Waals surface area contributed by atoms with Gasteiger partial charge >= 0.3 is 12.0 Å². The van der Waals surface area contributed by atoms with E-state index in [-0.39, 0.29) is 6.03 Å². The molecule has 5 heteroatoms. The van der Waals surface area contributed by atoms with Crippen LogP contribution in [0, 0.1) is 6.92 Å². The van der Waals surface area contributed by atoms with Crippen molar-refractivity contribution in [2.45, 2.75) is 45.7 Å². The molecule has 0 heterocycles. The highest BCUT2D eigenvalue weighted by atomic mass is 16.4. The van der Waals surface area contributed by atoms with E-state index in [4.69, 9.17) is 5.11 Å². The summed E-state index contributed by atoms with van der Waals surface area (Å²) in [6, 6.07) is 6.72. The van der Waals surface area contributed by atoms with E-state index >= 15 is 0 Å². The number of urea groups is 1. The molecule has 0 unspecified atom stereocenters. The minimum Gasteiger partial charge on any atom is -0.480 e. The molecule has 0 aliphatic heterocycles. The van der Waals surface area contributed by atoms with Crippen LogP contribution in [-0.4, -0.2) is 35.1 Å². The van der Waals surface area contributed by atoms with Gasteiger partial charge in [-0.25, -0.2) is 9.59 Å². The summed E-state index contributed by atoms with van der Waals surface area (Å²) < 4.78 is 0. The number of hydrogen-bond acceptors (Lipinski definition) is 2. The summed E-state index contributed by atoms with van der Waals surface area (Å²) >= 11 is 0. The number of amides is 2. The molecule has 116 valence electrons. The van der Waals surface area contributed by atoms with Crippen molar-refractivity contribution in [3.05, 3.63) is 35.4 Å². The number of carbonyl (C=O) groups excluding carboxylic acids is 1. The summed E-state index contributed by atoms with van der Waals surface area (Å²) in [5.74, 6) is -0.986. The zero-order valence-corrected chi connectivity index (χ0v) is 12.9. The monoisotopic (exact) mass is 292 g/mol. The van der Waals surface area contributed by atoms with Gasteiger partial charge in [-0.2, -0.15) is 0 Å². The molecule has 1 rings (SSSR count). The van der Waals surface area contributed by atoms with Crippen molar-refractivity contribution in [3.63, 3.8) is 0 Å². The Balaban J connectivity index is 2.56. The zero-order chi connectivity index (χ0) is 15.8. The van der Waals surface area contributed by atoms with Gasteiger partial charge in [0, 0.05) is 13.6 Å². The fraction of sp³-hybridized carbons (Fsp3) is 0.500. The Labute approximate surface area is 126 Å². The zero-order valence-electron chi connectivity index (χ0n) is 12.9. The van der Waals surface area contributed by atoms with Crippen molar-refractivity contribution in [1.82, 2.24) is 10.2 Å². The molecule has 2 N–H and O–H groups in total. The molecule has 0 radical (unpaired) electrons. The lowest BCUT2D eigenvalue weighted by molar-refractivity contribution is -0.139. The van der Waals surface area contributed by atoms with E-state index in [0.717, 1.165) is 24.0 Å². The Bertz CT molecular complexity index is 471. The van der Waals surface area contributed by atoms with E-state index in [0.29, 0.717) is 13.0 Å². The second kappa shape index (κ2) is 8.29. The van der Waals surface area contributed by atoms with E-state index in [1.807, 2.05) is 38.1 Å². The maximum absolute atomic E-state index is 12.0. The normalized spacial score (nSPS) is 11.8. The van der Waals surface area contributed by atoms with Gasteiger partial charge < -0.3 is 15.3 Å². The third-order valence-corrected chi connectivity index (χ3v) is 3.33. The van der Waals surface area contributed by atoms with E-state index < -0.39 is 12.0 Å². The lowest BCUT2D eigenvalue weighted by atomic mass is 10.1. The highest BCUT2D eigenvalue weighted by molar-refractivity contribution is 5.82. The third-order valence-electron chi connectivity index (χ3n) is 3.33. The van der Waals surface area contributed by atoms with Crippen molar-refractivity contribution in [2.24, 2.45) is 0 Å². The van der Waals surface area contributed by atoms with E-state index in [2.05, 4.69) is 5.32 Å². The number of benzene rings is 1. The fourth-order valence-electron chi connectivity index (χ4n) is 1.96. The highest BCUT2D eigenvalue weighted by Crippen LogP contribution is 2.07. The van der Waals surface area contributed by atoms with Crippen LogP contribution in [0.2, 0.25) is 0 Å². The van der Waals surface area contributed by atoms with Crippen LogP contribution in [0.3, 0.4) is 0 Å². The highest BCUT2D eigenvalue weighted by Gasteiger charge is 2.21. The molecule has 0 bridgehead atoms. The van der Waals surface area contributed by atoms with Crippen LogP contribution in [-0.2, 0) is 11.3 Å². The maximum atomic E-state index is 12.0. The van der Waals surface area contributed by atoms with Crippen LogP contribution >= 0.6 is 0 Å². The average molecular weight is 292 g/mol. The lowest BCUT2D eigenvalue weighted by Gasteiger charge is -2.21. The Morgan fingerprint density at radius 3 is 2.43 bits per heavy atom. The number of aryl methyl sites for hydroxylation is 1. The molecule has 1 atom stereocenters. The molecule has 5 nitrogen and oxygen atoms in total. The standard InChI is InChI=1S/C16H24N2O3/c1-4-5-6-14(15(19)20)17-16(21)18(3)11-13-9-7-12(2)8-10-13/h7-10,14H,4-6,11H2,1-3H3,(H,17,21)(H,19,20)/t14-/m0/s1. The smallest absolute Gasteiger partial charge is 0.326 e. The number of carboxylic acid groups (broad SMARTS) is 1. The lowest BCUT2D eigenvalue weighted by Crippen LogP contribution is -2.46. The summed E-state index contributed by atoms with van der Waals surface area (Å²) in [4.78, 5) is 24.7. The molecule has 2 amide bonds. The largest absolute Gasteiger partial charge is 0.480 e. The van der Waals surface area contributed by atoms with Gasteiger partial charge in [0.25, 0.3) is 0 Å². The molecule has 0 saturated carbocycles. The van der Waals surface area contributed by atoms with Crippen LogP contribution < -0.4 is 5.32 Å². The molecule has 21 heavy (non-hydrogen) atoms. The Kier molecular flexibility index (Phi) is 6.72. The number of hydrogen-bond donors (Lipinski definition) is 2. The fourth-order valence-corrected chi connectivity index (χ4v) is 1.96. The molecule has 0 spiro atoms. The van der Waals surface area contributed by atoms with Gasteiger partial charge in [-0.05, 0) is 18.9 Å². The van der Waals surface area contributed by atoms with E-state index in [1.54, 1.807) is 7.05 Å². The second-order valence-electron chi connectivity index (χ2n) is 5.32. The van der Waals surface area contributed by atoms with E-state index in [9.17, 15) is 9.59 Å². The number of aliphatic carboxylic acids is 1. The minimum absolute atomic E-state index is 0.362. The number of rotatable bonds is 7. The first kappa shape index (κ1) is 17.0. The molecule has 0 saturated heterocycles. The summed E-state index contributed by atoms with van der Waals surface area (Å²) in [7, 11) is 1.66. The molecular formula is C16H24N2O3. The van der Waals surface area contributed by atoms with Crippen LogP contribution in [0.1, 0.15) is 37.3 Å². The summed E-state index contributed by atoms with van der Waals surface area (Å²) in [5.41, 5.74) is 2.18. The summed E-state index contributed by atoms with van der Waals surface area (Å²) in [5, 5.41) is 11.7. The van der Waals surface area contributed by atoms with Crippen molar-refractivity contribution in [3.8, 4) is 0 Å². The predicted octanol–water partition coefficient (Wildman–Crippen LogP) is 2.78. The summed E-state index contributed by atoms with van der Waals surface area (Å²) in [6.07, 6.45) is 2.13. The topological polar surface area (TPSA) is 69.6 Å². The van der Waals surface area contributed by atoms with Crippen molar-refractivity contribution in [1.29, 1.82) is 0 Å². The quantitative estimate of drug-likeness (QED) is 0.812.